The predicted octanol–water partition coefficient (Wildman–Crippen LogP) is 2.71. The molecule has 0 aliphatic rings. The number of carbonyl (C=O) groups is 1. The van der Waals surface area contributed by atoms with Crippen molar-refractivity contribution in [1.82, 2.24) is 0 Å². The topological polar surface area (TPSA) is 55.8 Å². The van der Waals surface area contributed by atoms with Crippen molar-refractivity contribution < 1.29 is 23.8 Å². The Morgan fingerprint density at radius 2 is 2.12 bits per heavy atom. The lowest BCUT2D eigenvalue weighted by Gasteiger charge is -2.11. The van der Waals surface area contributed by atoms with E-state index in [9.17, 15) is 9.18 Å². The first-order chi connectivity index (χ1) is 8.10. The van der Waals surface area contributed by atoms with Gasteiger partial charge in [0, 0.05) is 12.1 Å². The molecule has 0 heterocycles. The highest BCUT2D eigenvalue weighted by Crippen LogP contribution is 2.30. The molecule has 1 aromatic rings. The summed E-state index contributed by atoms with van der Waals surface area (Å²) < 4.78 is 23.6. The van der Waals surface area contributed by atoms with Gasteiger partial charge in [-0.1, -0.05) is 13.3 Å². The fourth-order valence-corrected chi connectivity index (χ4v) is 1.30. The van der Waals surface area contributed by atoms with E-state index in [0.29, 0.717) is 6.61 Å². The number of methoxy groups -OCH3 is 1. The average molecular weight is 242 g/mol. The quantitative estimate of drug-likeness (QED) is 0.779. The van der Waals surface area contributed by atoms with Crippen LogP contribution in [0.3, 0.4) is 0 Å². The third kappa shape index (κ3) is 3.34. The minimum Gasteiger partial charge on any atom is -0.493 e. The van der Waals surface area contributed by atoms with Crippen LogP contribution >= 0.6 is 0 Å². The summed E-state index contributed by atoms with van der Waals surface area (Å²) >= 11 is 0. The van der Waals surface area contributed by atoms with Gasteiger partial charge >= 0.3 is 5.97 Å². The van der Waals surface area contributed by atoms with Crippen molar-refractivity contribution in [2.24, 2.45) is 0 Å². The number of aromatic carboxylic acids is 1. The van der Waals surface area contributed by atoms with Crippen LogP contribution in [0, 0.1) is 5.82 Å². The summed E-state index contributed by atoms with van der Waals surface area (Å²) in [4.78, 5) is 10.8. The van der Waals surface area contributed by atoms with Gasteiger partial charge in [0.25, 0.3) is 0 Å². The highest BCUT2D eigenvalue weighted by molar-refractivity contribution is 5.88. The van der Waals surface area contributed by atoms with Gasteiger partial charge in [0.15, 0.2) is 11.5 Å². The van der Waals surface area contributed by atoms with Crippen LogP contribution in [0.1, 0.15) is 30.1 Å². The van der Waals surface area contributed by atoms with E-state index in [1.807, 2.05) is 6.92 Å². The maximum atomic E-state index is 13.3. The van der Waals surface area contributed by atoms with E-state index >= 15 is 0 Å². The van der Waals surface area contributed by atoms with Crippen LogP contribution in [0.4, 0.5) is 4.39 Å². The molecule has 0 aliphatic heterocycles. The molecule has 0 unspecified atom stereocenters. The van der Waals surface area contributed by atoms with Gasteiger partial charge in [0.1, 0.15) is 5.82 Å². The van der Waals surface area contributed by atoms with E-state index in [4.69, 9.17) is 14.6 Å². The minimum absolute atomic E-state index is 0.198. The van der Waals surface area contributed by atoms with Crippen molar-refractivity contribution in [3.05, 3.63) is 23.5 Å². The van der Waals surface area contributed by atoms with Gasteiger partial charge in [-0.05, 0) is 6.42 Å². The van der Waals surface area contributed by atoms with E-state index in [2.05, 4.69) is 0 Å². The van der Waals surface area contributed by atoms with E-state index < -0.39 is 17.3 Å². The zero-order chi connectivity index (χ0) is 12.8. The first-order valence-corrected chi connectivity index (χ1v) is 5.33. The molecule has 1 rings (SSSR count). The summed E-state index contributed by atoms with van der Waals surface area (Å²) in [6, 6.07) is 2.16. The lowest BCUT2D eigenvalue weighted by atomic mass is 10.2. The summed E-state index contributed by atoms with van der Waals surface area (Å²) in [6.45, 7) is 2.45. The van der Waals surface area contributed by atoms with Crippen molar-refractivity contribution in [2.75, 3.05) is 13.7 Å². The SMILES string of the molecule is CCCCOc1cc(C(=O)O)c(F)cc1OC. The number of ether oxygens (including phenoxy) is 2. The number of carboxylic acid groups (broad SMARTS) is 1. The Morgan fingerprint density at radius 1 is 1.41 bits per heavy atom. The Kier molecular flexibility index (Phi) is 4.75. The number of halogens is 1. The number of hydrogen-bond acceptors (Lipinski definition) is 3. The Balaban J connectivity index is 2.99. The van der Waals surface area contributed by atoms with Gasteiger partial charge in [0.05, 0.1) is 19.3 Å². The standard InChI is InChI=1S/C12H15FO4/c1-3-4-5-17-11-6-8(12(14)15)9(13)7-10(11)16-2/h6-7H,3-5H2,1-2H3,(H,14,15). The smallest absolute Gasteiger partial charge is 0.338 e. The van der Waals surface area contributed by atoms with Crippen LogP contribution < -0.4 is 9.47 Å². The zero-order valence-electron chi connectivity index (χ0n) is 9.83. The first-order valence-electron chi connectivity index (χ1n) is 5.33. The predicted molar refractivity (Wildman–Crippen MR) is 60.3 cm³/mol. The molecular formula is C12H15FO4. The maximum absolute atomic E-state index is 13.3. The number of carboxylic acids is 1. The molecule has 0 radical (unpaired) electrons. The molecule has 0 amide bonds. The van der Waals surface area contributed by atoms with E-state index in [-0.39, 0.29) is 11.5 Å². The summed E-state index contributed by atoms with van der Waals surface area (Å²) in [7, 11) is 1.38. The van der Waals surface area contributed by atoms with Crippen molar-refractivity contribution in [3.63, 3.8) is 0 Å². The van der Waals surface area contributed by atoms with Gasteiger partial charge in [-0.15, -0.1) is 0 Å². The second-order valence-corrected chi connectivity index (χ2v) is 3.49. The number of unbranched alkanes of at least 4 members (excludes halogenated alkanes) is 1. The lowest BCUT2D eigenvalue weighted by molar-refractivity contribution is 0.0691. The van der Waals surface area contributed by atoms with Gasteiger partial charge < -0.3 is 14.6 Å². The third-order valence-electron chi connectivity index (χ3n) is 2.24. The average Bonchev–Trinajstić information content (AvgIpc) is 2.30. The second kappa shape index (κ2) is 6.08. The molecule has 0 bridgehead atoms. The Hall–Kier alpha value is -1.78. The summed E-state index contributed by atoms with van der Waals surface area (Å²) in [5, 5.41) is 8.79. The van der Waals surface area contributed by atoms with E-state index in [1.54, 1.807) is 0 Å². The second-order valence-electron chi connectivity index (χ2n) is 3.49. The number of benzene rings is 1. The Morgan fingerprint density at radius 3 is 2.65 bits per heavy atom. The lowest BCUT2D eigenvalue weighted by Crippen LogP contribution is -2.05. The minimum atomic E-state index is -1.33. The molecule has 5 heteroatoms. The normalized spacial score (nSPS) is 10.1. The number of hydrogen-bond donors (Lipinski definition) is 1. The monoisotopic (exact) mass is 242 g/mol. The Labute approximate surface area is 99.0 Å². The molecule has 1 aromatic carbocycles. The van der Waals surface area contributed by atoms with Gasteiger partial charge in [0.2, 0.25) is 0 Å². The third-order valence-corrected chi connectivity index (χ3v) is 2.24. The zero-order valence-corrected chi connectivity index (χ0v) is 9.83. The highest BCUT2D eigenvalue weighted by Gasteiger charge is 2.16. The molecule has 0 atom stereocenters. The Bertz CT molecular complexity index is 404. The van der Waals surface area contributed by atoms with Crippen LogP contribution in [0.25, 0.3) is 0 Å². The van der Waals surface area contributed by atoms with Crippen LogP contribution in [-0.4, -0.2) is 24.8 Å². The van der Waals surface area contributed by atoms with Crippen molar-refractivity contribution >= 4 is 5.97 Å². The van der Waals surface area contributed by atoms with Crippen molar-refractivity contribution in [1.29, 1.82) is 0 Å². The van der Waals surface area contributed by atoms with Gasteiger partial charge in [-0.3, -0.25) is 0 Å². The molecule has 17 heavy (non-hydrogen) atoms. The van der Waals surface area contributed by atoms with E-state index in [1.165, 1.54) is 7.11 Å². The fourth-order valence-electron chi connectivity index (χ4n) is 1.30. The van der Waals surface area contributed by atoms with Crippen LogP contribution in [-0.2, 0) is 0 Å². The largest absolute Gasteiger partial charge is 0.493 e. The highest BCUT2D eigenvalue weighted by atomic mass is 19.1. The summed E-state index contributed by atoms with van der Waals surface area (Å²) in [5.74, 6) is -1.72. The van der Waals surface area contributed by atoms with Crippen LogP contribution in [0.5, 0.6) is 11.5 Å². The molecule has 1 N–H and O–H groups in total. The molecule has 0 saturated carbocycles. The van der Waals surface area contributed by atoms with Gasteiger partial charge in [-0.25, -0.2) is 9.18 Å². The molecule has 0 saturated heterocycles. The summed E-state index contributed by atoms with van der Waals surface area (Å²) in [5.41, 5.74) is -0.419. The van der Waals surface area contributed by atoms with E-state index in [0.717, 1.165) is 25.0 Å². The van der Waals surface area contributed by atoms with Crippen molar-refractivity contribution in [3.8, 4) is 11.5 Å². The fraction of sp³-hybridized carbons (Fsp3) is 0.417. The molecule has 0 fully saturated rings. The molecule has 94 valence electrons. The first kappa shape index (κ1) is 13.3. The molecule has 4 nitrogen and oxygen atoms in total. The van der Waals surface area contributed by atoms with Gasteiger partial charge in [-0.2, -0.15) is 0 Å². The number of rotatable bonds is 6. The molecule has 0 aromatic heterocycles. The van der Waals surface area contributed by atoms with Crippen LogP contribution in [0.2, 0.25) is 0 Å². The maximum Gasteiger partial charge on any atom is 0.338 e. The summed E-state index contributed by atoms with van der Waals surface area (Å²) in [6.07, 6.45) is 1.79. The van der Waals surface area contributed by atoms with Crippen LogP contribution in [0.15, 0.2) is 12.1 Å². The molecule has 0 aliphatic carbocycles. The van der Waals surface area contributed by atoms with Crippen molar-refractivity contribution in [2.45, 2.75) is 19.8 Å². The molecular weight excluding hydrogens is 227 g/mol. The molecule has 0 spiro atoms.